The summed E-state index contributed by atoms with van der Waals surface area (Å²) < 4.78 is 4.79. The van der Waals surface area contributed by atoms with Crippen molar-refractivity contribution in [2.45, 2.75) is 6.54 Å². The second-order valence-electron chi connectivity index (χ2n) is 7.17. The normalized spacial score (nSPS) is 13.9. The number of anilines is 2. The Balaban J connectivity index is 1.80. The molecule has 3 aromatic rings. The highest BCUT2D eigenvalue weighted by molar-refractivity contribution is 6.37. The minimum Gasteiger partial charge on any atom is -0.465 e. The van der Waals surface area contributed by atoms with Crippen molar-refractivity contribution >= 4 is 34.5 Å². The van der Waals surface area contributed by atoms with Gasteiger partial charge in [0, 0.05) is 17.8 Å². The Hall–Kier alpha value is -3.90. The van der Waals surface area contributed by atoms with Crippen LogP contribution in [0.5, 0.6) is 0 Å². The first-order chi connectivity index (χ1) is 15.1. The summed E-state index contributed by atoms with van der Waals surface area (Å²) in [4.78, 5) is 24.9. The lowest BCUT2D eigenvalue weighted by molar-refractivity contribution is -0.110. The third kappa shape index (κ3) is 4.20. The van der Waals surface area contributed by atoms with Gasteiger partial charge >= 0.3 is 5.97 Å². The van der Waals surface area contributed by atoms with Crippen LogP contribution in [0.1, 0.15) is 27.0 Å². The van der Waals surface area contributed by atoms with Crippen molar-refractivity contribution in [1.29, 1.82) is 0 Å². The van der Waals surface area contributed by atoms with Crippen LogP contribution >= 0.6 is 0 Å². The molecule has 1 heterocycles. The maximum Gasteiger partial charge on any atom is 0.337 e. The number of methoxy groups -OCH3 is 1. The van der Waals surface area contributed by atoms with Crippen molar-refractivity contribution in [2.24, 2.45) is 0 Å². The van der Waals surface area contributed by atoms with Crippen molar-refractivity contribution in [3.05, 3.63) is 95.1 Å². The van der Waals surface area contributed by atoms with Gasteiger partial charge in [0.2, 0.25) is 0 Å². The molecule has 1 amide bonds. The Morgan fingerprint density at radius 2 is 1.71 bits per heavy atom. The molecule has 3 N–H and O–H groups in total. The number of hydrogen-bond donors (Lipinski definition) is 3. The van der Waals surface area contributed by atoms with Gasteiger partial charge in [-0.15, -0.1) is 0 Å². The van der Waals surface area contributed by atoms with E-state index < -0.39 is 5.97 Å². The number of benzene rings is 3. The second kappa shape index (κ2) is 8.85. The summed E-state index contributed by atoms with van der Waals surface area (Å²) in [6.07, 6.45) is 0. The van der Waals surface area contributed by atoms with Crippen molar-refractivity contribution in [1.82, 2.24) is 5.32 Å². The predicted molar refractivity (Wildman–Crippen MR) is 122 cm³/mol. The molecule has 156 valence electrons. The van der Waals surface area contributed by atoms with Gasteiger partial charge in [-0.1, -0.05) is 48.5 Å². The molecule has 0 spiro atoms. The fourth-order valence-corrected chi connectivity index (χ4v) is 3.60. The minimum absolute atomic E-state index is 0.227. The molecule has 1 aliphatic rings. The highest BCUT2D eigenvalue weighted by Crippen LogP contribution is 2.38. The summed E-state index contributed by atoms with van der Waals surface area (Å²) in [5.74, 6) is -0.673. The Kier molecular flexibility index (Phi) is 5.82. The Labute approximate surface area is 180 Å². The Morgan fingerprint density at radius 3 is 2.39 bits per heavy atom. The van der Waals surface area contributed by atoms with E-state index in [9.17, 15) is 9.59 Å². The molecule has 4 rings (SSSR count). The number of carbonyl (C=O) groups excluding carboxylic acids is 2. The zero-order valence-corrected chi connectivity index (χ0v) is 17.4. The Bertz CT molecular complexity index is 1150. The van der Waals surface area contributed by atoms with E-state index in [1.807, 2.05) is 61.6 Å². The topological polar surface area (TPSA) is 79.5 Å². The first kappa shape index (κ1) is 20.4. The number of hydrogen-bond acceptors (Lipinski definition) is 5. The second-order valence-corrected chi connectivity index (χ2v) is 7.17. The number of ether oxygens (including phenoxy) is 1. The summed E-state index contributed by atoms with van der Waals surface area (Å²) in [5, 5.41) is 9.44. The van der Waals surface area contributed by atoms with Crippen molar-refractivity contribution in [3.8, 4) is 0 Å². The molecule has 0 fully saturated rings. The third-order valence-corrected chi connectivity index (χ3v) is 5.10. The minimum atomic E-state index is -0.447. The van der Waals surface area contributed by atoms with Crippen LogP contribution in [0.3, 0.4) is 0 Å². The fourth-order valence-electron chi connectivity index (χ4n) is 3.60. The van der Waals surface area contributed by atoms with Crippen LogP contribution in [-0.4, -0.2) is 26.0 Å². The molecule has 3 aromatic carbocycles. The standard InChI is InChI=1S/C25H23N3O3/c1-26-15-16-8-11-19(12-9-16)27-23(17-6-4-3-5-7-17)22-20-13-10-18(25(30)31-2)14-21(20)28-24(22)29/h3-14,26-27H,15H2,1-2H3,(H,28,29)/b23-22+. The van der Waals surface area contributed by atoms with E-state index >= 15 is 0 Å². The summed E-state index contributed by atoms with van der Waals surface area (Å²) >= 11 is 0. The molecule has 31 heavy (non-hydrogen) atoms. The van der Waals surface area contributed by atoms with Gasteiger partial charge in [0.15, 0.2) is 0 Å². The molecular formula is C25H23N3O3. The number of esters is 1. The number of rotatable bonds is 6. The summed E-state index contributed by atoms with van der Waals surface area (Å²) in [6.45, 7) is 0.783. The quantitative estimate of drug-likeness (QED) is 0.418. The molecule has 0 radical (unpaired) electrons. The zero-order valence-electron chi connectivity index (χ0n) is 17.4. The van der Waals surface area contributed by atoms with Crippen LogP contribution in [0.2, 0.25) is 0 Å². The van der Waals surface area contributed by atoms with Crippen molar-refractivity contribution in [3.63, 3.8) is 0 Å². The highest BCUT2D eigenvalue weighted by atomic mass is 16.5. The zero-order chi connectivity index (χ0) is 21.8. The maximum atomic E-state index is 13.0. The molecular weight excluding hydrogens is 390 g/mol. The van der Waals surface area contributed by atoms with Gasteiger partial charge in [0.05, 0.1) is 29.6 Å². The van der Waals surface area contributed by atoms with Gasteiger partial charge in [-0.25, -0.2) is 4.79 Å². The molecule has 0 saturated carbocycles. The molecule has 0 atom stereocenters. The lowest BCUT2D eigenvalue weighted by Crippen LogP contribution is -2.10. The fraction of sp³-hybridized carbons (Fsp3) is 0.120. The number of fused-ring (bicyclic) bond motifs is 1. The van der Waals surface area contributed by atoms with Gasteiger partial charge in [0.1, 0.15) is 0 Å². The average molecular weight is 413 g/mol. The van der Waals surface area contributed by atoms with E-state index in [1.165, 1.54) is 12.7 Å². The number of amides is 1. The summed E-state index contributed by atoms with van der Waals surface area (Å²) in [6, 6.07) is 22.9. The predicted octanol–water partition coefficient (Wildman–Crippen LogP) is 4.13. The Morgan fingerprint density at radius 1 is 0.968 bits per heavy atom. The maximum absolute atomic E-state index is 13.0. The number of carbonyl (C=O) groups is 2. The summed E-state index contributed by atoms with van der Waals surface area (Å²) in [5.41, 5.74) is 5.85. The average Bonchev–Trinajstić information content (AvgIpc) is 3.13. The first-order valence-electron chi connectivity index (χ1n) is 9.95. The number of nitrogens with one attached hydrogen (secondary N) is 3. The molecule has 6 heteroatoms. The monoisotopic (exact) mass is 413 g/mol. The molecule has 0 unspecified atom stereocenters. The van der Waals surface area contributed by atoms with Crippen molar-refractivity contribution in [2.75, 3.05) is 24.8 Å². The highest BCUT2D eigenvalue weighted by Gasteiger charge is 2.29. The molecule has 0 aliphatic carbocycles. The van der Waals surface area contributed by atoms with Gasteiger partial charge in [0.25, 0.3) is 5.91 Å². The molecule has 6 nitrogen and oxygen atoms in total. The van der Waals surface area contributed by atoms with E-state index in [-0.39, 0.29) is 5.91 Å². The largest absolute Gasteiger partial charge is 0.465 e. The smallest absolute Gasteiger partial charge is 0.337 e. The van der Waals surface area contributed by atoms with Crippen molar-refractivity contribution < 1.29 is 14.3 Å². The van der Waals surface area contributed by atoms with Crippen LogP contribution in [0, 0.1) is 0 Å². The van der Waals surface area contributed by atoms with E-state index in [1.54, 1.807) is 18.2 Å². The van der Waals surface area contributed by atoms with Crippen LogP contribution in [0.4, 0.5) is 11.4 Å². The van der Waals surface area contributed by atoms with Crippen LogP contribution in [0.25, 0.3) is 11.3 Å². The third-order valence-electron chi connectivity index (χ3n) is 5.10. The van der Waals surface area contributed by atoms with Crippen LogP contribution in [-0.2, 0) is 16.1 Å². The van der Waals surface area contributed by atoms with Gasteiger partial charge in [-0.05, 0) is 42.4 Å². The molecule has 0 saturated heterocycles. The molecule has 0 bridgehead atoms. The van der Waals surface area contributed by atoms with E-state index in [0.29, 0.717) is 22.5 Å². The van der Waals surface area contributed by atoms with E-state index in [4.69, 9.17) is 4.74 Å². The molecule has 0 aromatic heterocycles. The SMILES string of the molecule is CNCc1ccc(N/C(=C2/C(=O)Nc3cc(C(=O)OC)ccc32)c2ccccc2)cc1. The van der Waals surface area contributed by atoms with Crippen LogP contribution < -0.4 is 16.0 Å². The van der Waals surface area contributed by atoms with Crippen LogP contribution in [0.15, 0.2) is 72.8 Å². The van der Waals surface area contributed by atoms with E-state index in [2.05, 4.69) is 16.0 Å². The summed E-state index contributed by atoms with van der Waals surface area (Å²) in [7, 11) is 3.24. The van der Waals surface area contributed by atoms with Gasteiger partial charge < -0.3 is 20.7 Å². The van der Waals surface area contributed by atoms with Gasteiger partial charge in [-0.3, -0.25) is 4.79 Å². The van der Waals surface area contributed by atoms with E-state index in [0.717, 1.165) is 23.4 Å². The molecule has 1 aliphatic heterocycles. The lowest BCUT2D eigenvalue weighted by atomic mass is 9.99. The van der Waals surface area contributed by atoms with Gasteiger partial charge in [-0.2, -0.15) is 0 Å². The first-order valence-corrected chi connectivity index (χ1v) is 9.95. The lowest BCUT2D eigenvalue weighted by Gasteiger charge is -2.15.